The van der Waals surface area contributed by atoms with Gasteiger partial charge in [0.1, 0.15) is 11.6 Å². The number of rotatable bonds is 4. The second kappa shape index (κ2) is 6.68. The molecule has 23 heavy (non-hydrogen) atoms. The van der Waals surface area contributed by atoms with E-state index in [1.54, 1.807) is 12.1 Å². The highest BCUT2D eigenvalue weighted by atomic mass is 19.1. The molecule has 1 aliphatic rings. The van der Waals surface area contributed by atoms with E-state index in [0.29, 0.717) is 0 Å². The Morgan fingerprint density at radius 2 is 1.91 bits per heavy atom. The minimum atomic E-state index is -0.694. The number of carbonyl (C=O) groups is 1. The smallest absolute Gasteiger partial charge is 0.272 e. The van der Waals surface area contributed by atoms with Crippen LogP contribution in [0.1, 0.15) is 28.9 Å². The second-order valence-electron chi connectivity index (χ2n) is 5.39. The quantitative estimate of drug-likeness (QED) is 0.940. The zero-order chi connectivity index (χ0) is 16.2. The van der Waals surface area contributed by atoms with Gasteiger partial charge in [0.25, 0.3) is 5.91 Å². The molecule has 3 rings (SSSR count). The van der Waals surface area contributed by atoms with Gasteiger partial charge in [0.15, 0.2) is 11.5 Å². The molecule has 1 amide bonds. The number of aromatic nitrogens is 2. The van der Waals surface area contributed by atoms with E-state index in [0.717, 1.165) is 43.9 Å². The molecule has 1 aromatic carbocycles. The number of nitrogens with zero attached hydrogens (tertiary/aromatic N) is 3. The first-order valence-corrected chi connectivity index (χ1v) is 7.44. The number of hydrogen-bond donors (Lipinski definition) is 1. The minimum Gasteiger partial charge on any atom is -0.355 e. The molecule has 1 aromatic heterocycles. The summed E-state index contributed by atoms with van der Waals surface area (Å²) in [6, 6.07) is 6.58. The Morgan fingerprint density at radius 1 is 1.13 bits per heavy atom. The van der Waals surface area contributed by atoms with Crippen LogP contribution in [0, 0.1) is 11.6 Å². The maximum absolute atomic E-state index is 13.5. The standard InChI is InChI=1S/C16H16F2N4O/c17-12-4-3-11(13(18)9-12)10-19-16(23)14-5-6-15(21-20-14)22-7-1-2-8-22/h3-6,9H,1-2,7-8,10H2,(H,19,23). The van der Waals surface area contributed by atoms with Crippen LogP contribution in [0.5, 0.6) is 0 Å². The minimum absolute atomic E-state index is 0.0412. The van der Waals surface area contributed by atoms with Gasteiger partial charge in [0, 0.05) is 31.3 Å². The molecule has 7 heteroatoms. The average Bonchev–Trinajstić information content (AvgIpc) is 3.08. The zero-order valence-corrected chi connectivity index (χ0v) is 12.4. The van der Waals surface area contributed by atoms with E-state index in [2.05, 4.69) is 20.4 Å². The summed E-state index contributed by atoms with van der Waals surface area (Å²) in [5.41, 5.74) is 0.372. The Morgan fingerprint density at radius 3 is 2.57 bits per heavy atom. The molecular formula is C16H16F2N4O. The van der Waals surface area contributed by atoms with Crippen LogP contribution in [0.15, 0.2) is 30.3 Å². The molecule has 2 aromatic rings. The van der Waals surface area contributed by atoms with E-state index >= 15 is 0 Å². The van der Waals surface area contributed by atoms with Gasteiger partial charge in [-0.25, -0.2) is 8.78 Å². The van der Waals surface area contributed by atoms with Crippen molar-refractivity contribution in [2.45, 2.75) is 19.4 Å². The van der Waals surface area contributed by atoms with Crippen molar-refractivity contribution in [3.05, 3.63) is 53.2 Å². The second-order valence-corrected chi connectivity index (χ2v) is 5.39. The van der Waals surface area contributed by atoms with Gasteiger partial charge in [-0.05, 0) is 31.0 Å². The normalized spacial score (nSPS) is 14.1. The van der Waals surface area contributed by atoms with Crippen molar-refractivity contribution >= 4 is 11.7 Å². The summed E-state index contributed by atoms with van der Waals surface area (Å²) < 4.78 is 26.3. The van der Waals surface area contributed by atoms with Crippen LogP contribution in [0.4, 0.5) is 14.6 Å². The van der Waals surface area contributed by atoms with Crippen molar-refractivity contribution in [3.63, 3.8) is 0 Å². The van der Waals surface area contributed by atoms with Gasteiger partial charge in [-0.15, -0.1) is 10.2 Å². The van der Waals surface area contributed by atoms with Gasteiger partial charge in [0.2, 0.25) is 0 Å². The predicted octanol–water partition coefficient (Wildman–Crippen LogP) is 2.29. The monoisotopic (exact) mass is 318 g/mol. The fraction of sp³-hybridized carbons (Fsp3) is 0.312. The Bertz CT molecular complexity index is 700. The summed E-state index contributed by atoms with van der Waals surface area (Å²) in [7, 11) is 0. The van der Waals surface area contributed by atoms with Gasteiger partial charge in [-0.3, -0.25) is 4.79 Å². The molecule has 0 bridgehead atoms. The van der Waals surface area contributed by atoms with Crippen molar-refractivity contribution in [2.75, 3.05) is 18.0 Å². The fourth-order valence-electron chi connectivity index (χ4n) is 2.49. The Labute approximate surface area is 132 Å². The molecule has 0 spiro atoms. The lowest BCUT2D eigenvalue weighted by Gasteiger charge is -2.15. The topological polar surface area (TPSA) is 58.1 Å². The van der Waals surface area contributed by atoms with E-state index in [-0.39, 0.29) is 17.8 Å². The lowest BCUT2D eigenvalue weighted by Crippen LogP contribution is -2.25. The fourth-order valence-corrected chi connectivity index (χ4v) is 2.49. The molecule has 1 aliphatic heterocycles. The van der Waals surface area contributed by atoms with Crippen LogP contribution in [0.3, 0.4) is 0 Å². The van der Waals surface area contributed by atoms with E-state index < -0.39 is 17.5 Å². The highest BCUT2D eigenvalue weighted by molar-refractivity contribution is 5.92. The first-order valence-electron chi connectivity index (χ1n) is 7.44. The predicted molar refractivity (Wildman–Crippen MR) is 81.0 cm³/mol. The van der Waals surface area contributed by atoms with Gasteiger partial charge >= 0.3 is 0 Å². The molecule has 1 fully saturated rings. The highest BCUT2D eigenvalue weighted by Crippen LogP contribution is 2.16. The summed E-state index contributed by atoms with van der Waals surface area (Å²) >= 11 is 0. The highest BCUT2D eigenvalue weighted by Gasteiger charge is 2.15. The Balaban J connectivity index is 1.61. The van der Waals surface area contributed by atoms with Crippen molar-refractivity contribution in [1.29, 1.82) is 0 Å². The number of carbonyl (C=O) groups excluding carboxylic acids is 1. The third-order valence-corrected chi connectivity index (χ3v) is 3.77. The molecule has 1 N–H and O–H groups in total. The molecule has 0 saturated carbocycles. The zero-order valence-electron chi connectivity index (χ0n) is 12.4. The van der Waals surface area contributed by atoms with E-state index in [9.17, 15) is 13.6 Å². The van der Waals surface area contributed by atoms with Crippen LogP contribution in [0.25, 0.3) is 0 Å². The summed E-state index contributed by atoms with van der Waals surface area (Å²) in [5, 5.41) is 10.5. The van der Waals surface area contributed by atoms with Crippen LogP contribution >= 0.6 is 0 Å². The Hall–Kier alpha value is -2.57. The van der Waals surface area contributed by atoms with Crippen LogP contribution in [-0.2, 0) is 6.54 Å². The number of amides is 1. The van der Waals surface area contributed by atoms with Crippen molar-refractivity contribution in [2.24, 2.45) is 0 Å². The summed E-state index contributed by atoms with van der Waals surface area (Å²) in [6.45, 7) is 1.86. The maximum atomic E-state index is 13.5. The third-order valence-electron chi connectivity index (χ3n) is 3.77. The molecular weight excluding hydrogens is 302 g/mol. The van der Waals surface area contributed by atoms with Gasteiger partial charge in [-0.1, -0.05) is 6.07 Å². The van der Waals surface area contributed by atoms with Crippen molar-refractivity contribution < 1.29 is 13.6 Å². The molecule has 0 unspecified atom stereocenters. The number of anilines is 1. The molecule has 0 aliphatic carbocycles. The van der Waals surface area contributed by atoms with Gasteiger partial charge in [-0.2, -0.15) is 0 Å². The van der Waals surface area contributed by atoms with Gasteiger partial charge < -0.3 is 10.2 Å². The summed E-state index contributed by atoms with van der Waals surface area (Å²) in [4.78, 5) is 14.1. The van der Waals surface area contributed by atoms with Gasteiger partial charge in [0.05, 0.1) is 0 Å². The first-order chi connectivity index (χ1) is 11.1. The molecule has 120 valence electrons. The summed E-state index contributed by atoms with van der Waals surface area (Å²) in [6.07, 6.45) is 2.26. The van der Waals surface area contributed by atoms with E-state index in [1.165, 1.54) is 6.07 Å². The number of nitrogens with one attached hydrogen (secondary N) is 1. The lowest BCUT2D eigenvalue weighted by molar-refractivity contribution is 0.0944. The van der Waals surface area contributed by atoms with Crippen molar-refractivity contribution in [1.82, 2.24) is 15.5 Å². The number of hydrogen-bond acceptors (Lipinski definition) is 4. The summed E-state index contributed by atoms with van der Waals surface area (Å²) in [5.74, 6) is -1.04. The molecule has 0 atom stereocenters. The molecule has 0 radical (unpaired) electrons. The maximum Gasteiger partial charge on any atom is 0.272 e. The van der Waals surface area contributed by atoms with Crippen LogP contribution in [-0.4, -0.2) is 29.2 Å². The van der Waals surface area contributed by atoms with Crippen LogP contribution in [0.2, 0.25) is 0 Å². The molecule has 1 saturated heterocycles. The SMILES string of the molecule is O=C(NCc1ccc(F)cc1F)c1ccc(N2CCCC2)nn1. The van der Waals surface area contributed by atoms with E-state index in [1.807, 2.05) is 0 Å². The Kier molecular flexibility index (Phi) is 4.45. The largest absolute Gasteiger partial charge is 0.355 e. The van der Waals surface area contributed by atoms with E-state index in [4.69, 9.17) is 0 Å². The molecule has 5 nitrogen and oxygen atoms in total. The van der Waals surface area contributed by atoms with Crippen LogP contribution < -0.4 is 10.2 Å². The lowest BCUT2D eigenvalue weighted by atomic mass is 10.2. The third kappa shape index (κ3) is 3.61. The average molecular weight is 318 g/mol. The van der Waals surface area contributed by atoms with Crippen molar-refractivity contribution in [3.8, 4) is 0 Å². The molecule has 2 heterocycles. The number of benzene rings is 1. The number of halogens is 2. The first kappa shape index (κ1) is 15.3.